The maximum Gasteiger partial charge on any atom is 0.256 e. The Labute approximate surface area is 83.7 Å². The molecule has 1 rings (SSSR count). The molecular formula is C11H14N2O. The van der Waals surface area contributed by atoms with Gasteiger partial charge in [-0.3, -0.25) is 10.2 Å². The lowest BCUT2D eigenvalue weighted by atomic mass is 10.1. The van der Waals surface area contributed by atoms with Crippen molar-refractivity contribution in [1.29, 1.82) is 5.41 Å². The van der Waals surface area contributed by atoms with Gasteiger partial charge in [-0.05, 0) is 12.1 Å². The fraction of sp³-hybridized carbons (Fsp3) is 0.273. The number of amides is 1. The summed E-state index contributed by atoms with van der Waals surface area (Å²) >= 11 is 0. The molecule has 14 heavy (non-hydrogen) atoms. The largest absolute Gasteiger partial charge is 0.310 e. The fourth-order valence-electron chi connectivity index (χ4n) is 0.928. The molecule has 0 aliphatic carbocycles. The molecule has 0 spiro atoms. The lowest BCUT2D eigenvalue weighted by molar-refractivity contribution is 0.0975. The van der Waals surface area contributed by atoms with Crippen molar-refractivity contribution in [3.05, 3.63) is 35.9 Å². The standard InChI is InChI=1S/C11H14N2O/c1-8(2)10(12)13-11(14)9-6-4-3-5-7-9/h3-8H,1-2H3,(H2,12,13,14). The predicted molar refractivity (Wildman–Crippen MR) is 56.5 cm³/mol. The Hall–Kier alpha value is -1.64. The average Bonchev–Trinajstić information content (AvgIpc) is 2.19. The van der Waals surface area contributed by atoms with E-state index in [0.717, 1.165) is 0 Å². The number of carbonyl (C=O) groups excluding carboxylic acids is 1. The van der Waals surface area contributed by atoms with Crippen LogP contribution in [0, 0.1) is 11.3 Å². The summed E-state index contributed by atoms with van der Waals surface area (Å²) in [6.45, 7) is 3.74. The number of carbonyl (C=O) groups is 1. The predicted octanol–water partition coefficient (Wildman–Crippen LogP) is 2.05. The Morgan fingerprint density at radius 1 is 1.29 bits per heavy atom. The maximum atomic E-state index is 11.5. The summed E-state index contributed by atoms with van der Waals surface area (Å²) in [5, 5.41) is 10.0. The Bertz CT molecular complexity index is 330. The van der Waals surface area contributed by atoms with Crippen molar-refractivity contribution in [3.8, 4) is 0 Å². The smallest absolute Gasteiger partial charge is 0.256 e. The highest BCUT2D eigenvalue weighted by molar-refractivity contribution is 6.05. The third-order valence-corrected chi connectivity index (χ3v) is 1.86. The quantitative estimate of drug-likeness (QED) is 0.544. The molecule has 2 N–H and O–H groups in total. The van der Waals surface area contributed by atoms with Crippen molar-refractivity contribution in [3.63, 3.8) is 0 Å². The van der Waals surface area contributed by atoms with Crippen LogP contribution in [0.3, 0.4) is 0 Å². The van der Waals surface area contributed by atoms with Gasteiger partial charge >= 0.3 is 0 Å². The van der Waals surface area contributed by atoms with Crippen LogP contribution in [0.4, 0.5) is 0 Å². The van der Waals surface area contributed by atoms with Crippen LogP contribution in [0.1, 0.15) is 24.2 Å². The molecule has 1 aromatic rings. The highest BCUT2D eigenvalue weighted by Crippen LogP contribution is 1.99. The minimum absolute atomic E-state index is 0.0441. The first-order valence-electron chi connectivity index (χ1n) is 4.56. The normalized spacial score (nSPS) is 9.93. The summed E-state index contributed by atoms with van der Waals surface area (Å²) in [6.07, 6.45) is 0. The summed E-state index contributed by atoms with van der Waals surface area (Å²) in [7, 11) is 0. The van der Waals surface area contributed by atoms with E-state index < -0.39 is 0 Å². The lowest BCUT2D eigenvalue weighted by Gasteiger charge is -2.08. The summed E-state index contributed by atoms with van der Waals surface area (Å²) in [6, 6.07) is 8.90. The third-order valence-electron chi connectivity index (χ3n) is 1.86. The Morgan fingerprint density at radius 2 is 1.86 bits per heavy atom. The van der Waals surface area contributed by atoms with Gasteiger partial charge in [-0.15, -0.1) is 0 Å². The molecule has 1 amide bonds. The zero-order valence-electron chi connectivity index (χ0n) is 8.37. The molecule has 3 heteroatoms. The van der Waals surface area contributed by atoms with Crippen LogP contribution in [0.25, 0.3) is 0 Å². The zero-order valence-corrected chi connectivity index (χ0v) is 8.37. The molecule has 0 fully saturated rings. The van der Waals surface area contributed by atoms with Crippen LogP contribution in [-0.2, 0) is 0 Å². The first-order valence-corrected chi connectivity index (χ1v) is 4.56. The van der Waals surface area contributed by atoms with E-state index in [1.807, 2.05) is 19.9 Å². The summed E-state index contributed by atoms with van der Waals surface area (Å²) in [5.41, 5.74) is 0.581. The van der Waals surface area contributed by atoms with Gasteiger partial charge < -0.3 is 5.32 Å². The van der Waals surface area contributed by atoms with Crippen molar-refractivity contribution in [2.75, 3.05) is 0 Å². The number of benzene rings is 1. The SMILES string of the molecule is CC(C)C(=N)NC(=O)c1ccccc1. The first-order chi connectivity index (χ1) is 6.61. The van der Waals surface area contributed by atoms with Gasteiger partial charge in [-0.1, -0.05) is 32.0 Å². The average molecular weight is 190 g/mol. The molecule has 3 nitrogen and oxygen atoms in total. The number of hydrogen-bond donors (Lipinski definition) is 2. The molecule has 0 heterocycles. The van der Waals surface area contributed by atoms with Gasteiger partial charge in [0.1, 0.15) is 5.84 Å². The van der Waals surface area contributed by atoms with Crippen LogP contribution in [0.15, 0.2) is 30.3 Å². The van der Waals surface area contributed by atoms with Crippen LogP contribution >= 0.6 is 0 Å². The molecular weight excluding hydrogens is 176 g/mol. The van der Waals surface area contributed by atoms with Gasteiger partial charge in [0, 0.05) is 11.5 Å². The number of rotatable bonds is 2. The van der Waals surface area contributed by atoms with E-state index in [9.17, 15) is 4.79 Å². The van der Waals surface area contributed by atoms with Crippen molar-refractivity contribution in [1.82, 2.24) is 5.32 Å². The second-order valence-electron chi connectivity index (χ2n) is 3.39. The molecule has 0 aromatic heterocycles. The summed E-state index contributed by atoms with van der Waals surface area (Å²) < 4.78 is 0. The van der Waals surface area contributed by atoms with Gasteiger partial charge in [-0.2, -0.15) is 0 Å². The molecule has 0 radical (unpaired) electrons. The van der Waals surface area contributed by atoms with E-state index in [4.69, 9.17) is 5.41 Å². The van der Waals surface area contributed by atoms with Crippen LogP contribution in [0.2, 0.25) is 0 Å². The molecule has 0 saturated carbocycles. The van der Waals surface area contributed by atoms with Crippen molar-refractivity contribution >= 4 is 11.7 Å². The van der Waals surface area contributed by atoms with E-state index in [0.29, 0.717) is 5.56 Å². The topological polar surface area (TPSA) is 53.0 Å². The molecule has 1 aromatic carbocycles. The van der Waals surface area contributed by atoms with E-state index in [-0.39, 0.29) is 17.7 Å². The van der Waals surface area contributed by atoms with Gasteiger partial charge in [0.2, 0.25) is 0 Å². The van der Waals surface area contributed by atoms with Gasteiger partial charge in [0.05, 0.1) is 0 Å². The van der Waals surface area contributed by atoms with Gasteiger partial charge in [0.15, 0.2) is 0 Å². The number of nitrogens with one attached hydrogen (secondary N) is 2. The molecule has 0 bridgehead atoms. The van der Waals surface area contributed by atoms with Crippen LogP contribution in [-0.4, -0.2) is 11.7 Å². The minimum atomic E-state index is -0.218. The van der Waals surface area contributed by atoms with Crippen molar-refractivity contribution in [2.45, 2.75) is 13.8 Å². The van der Waals surface area contributed by atoms with E-state index in [1.165, 1.54) is 0 Å². The minimum Gasteiger partial charge on any atom is -0.310 e. The Balaban J connectivity index is 2.65. The second-order valence-corrected chi connectivity index (χ2v) is 3.39. The third kappa shape index (κ3) is 2.69. The van der Waals surface area contributed by atoms with E-state index >= 15 is 0 Å². The van der Waals surface area contributed by atoms with E-state index in [2.05, 4.69) is 5.32 Å². The molecule has 0 atom stereocenters. The number of hydrogen-bond acceptors (Lipinski definition) is 2. The molecule has 0 aliphatic rings. The lowest BCUT2D eigenvalue weighted by Crippen LogP contribution is -2.33. The summed E-state index contributed by atoms with van der Waals surface area (Å²) in [4.78, 5) is 11.5. The molecule has 0 unspecified atom stereocenters. The first kappa shape index (κ1) is 10.4. The van der Waals surface area contributed by atoms with Gasteiger partial charge in [0.25, 0.3) is 5.91 Å². The number of amidine groups is 1. The highest BCUT2D eigenvalue weighted by Gasteiger charge is 2.08. The molecule has 0 aliphatic heterocycles. The van der Waals surface area contributed by atoms with Crippen LogP contribution < -0.4 is 5.32 Å². The highest BCUT2D eigenvalue weighted by atomic mass is 16.1. The van der Waals surface area contributed by atoms with Crippen molar-refractivity contribution < 1.29 is 4.79 Å². The monoisotopic (exact) mass is 190 g/mol. The fourth-order valence-corrected chi connectivity index (χ4v) is 0.928. The summed E-state index contributed by atoms with van der Waals surface area (Å²) in [5.74, 6) is 0.0748. The Morgan fingerprint density at radius 3 is 2.36 bits per heavy atom. The maximum absolute atomic E-state index is 11.5. The van der Waals surface area contributed by atoms with Gasteiger partial charge in [-0.25, -0.2) is 0 Å². The molecule has 74 valence electrons. The zero-order chi connectivity index (χ0) is 10.6. The van der Waals surface area contributed by atoms with Crippen LogP contribution in [0.5, 0.6) is 0 Å². The van der Waals surface area contributed by atoms with E-state index in [1.54, 1.807) is 24.3 Å². The Kier molecular flexibility index (Phi) is 3.40. The second kappa shape index (κ2) is 4.56. The molecule has 0 saturated heterocycles. The van der Waals surface area contributed by atoms with Crippen molar-refractivity contribution in [2.24, 2.45) is 5.92 Å².